The van der Waals surface area contributed by atoms with Gasteiger partial charge in [0.15, 0.2) is 0 Å². The minimum atomic E-state index is -4.45. The highest BCUT2D eigenvalue weighted by Crippen LogP contribution is 2.34. The Morgan fingerprint density at radius 3 is 2.30 bits per heavy atom. The maximum atomic E-state index is 12.9. The molecular weight excluding hydrogens is 357 g/mol. The van der Waals surface area contributed by atoms with Gasteiger partial charge in [0.2, 0.25) is 0 Å². The van der Waals surface area contributed by atoms with Crippen LogP contribution in [-0.2, 0) is 21.5 Å². The molecule has 1 rings (SSSR count). The topological polar surface area (TPSA) is 79.6 Å². The largest absolute Gasteiger partial charge is 0.417 e. The fourth-order valence-corrected chi connectivity index (χ4v) is 1.65. The number of hydrogen-bond donors (Lipinski definition) is 1. The first-order valence-corrected chi connectivity index (χ1v) is 7.84. The number of alkyl halides is 3. The van der Waals surface area contributed by atoms with Gasteiger partial charge < -0.3 is 4.84 Å². The molecule has 0 radical (unpaired) electrons. The van der Waals surface area contributed by atoms with Gasteiger partial charge in [-0.3, -0.25) is 0 Å². The number of benzene rings is 1. The first kappa shape index (κ1) is 21.4. The highest BCUT2D eigenvalue weighted by atomic mass is 35.5. The molecule has 1 aromatic carbocycles. The molecule has 0 bridgehead atoms. The van der Waals surface area contributed by atoms with Crippen LogP contribution in [0.3, 0.4) is 0 Å². The zero-order chi connectivity index (χ0) is 18.2. The van der Waals surface area contributed by atoms with Crippen LogP contribution in [0.25, 0.3) is 0 Å². The van der Waals surface area contributed by atoms with Gasteiger partial charge in [0, 0.05) is 10.6 Å². The van der Waals surface area contributed by atoms with Crippen molar-refractivity contribution < 1.29 is 26.4 Å². The first-order valence-electron chi connectivity index (χ1n) is 6.39. The van der Waals surface area contributed by atoms with Crippen LogP contribution in [0.4, 0.5) is 13.2 Å². The predicted molar refractivity (Wildman–Crippen MR) is 81.1 cm³/mol. The van der Waals surface area contributed by atoms with Gasteiger partial charge in [-0.1, -0.05) is 23.7 Å². The van der Waals surface area contributed by atoms with Gasteiger partial charge in [-0.25, -0.2) is 0 Å². The Hall–Kier alpha value is -1.61. The molecule has 0 saturated carbocycles. The van der Waals surface area contributed by atoms with Gasteiger partial charge in [0.1, 0.15) is 6.10 Å². The molecule has 0 aliphatic rings. The summed E-state index contributed by atoms with van der Waals surface area (Å²) in [4.78, 5) is 5.03. The third-order valence-electron chi connectivity index (χ3n) is 2.31. The second-order valence-corrected chi connectivity index (χ2v) is 5.37. The summed E-state index contributed by atoms with van der Waals surface area (Å²) in [5.74, 6) is 0. The fourth-order valence-electron chi connectivity index (χ4n) is 1.48. The zero-order valence-electron chi connectivity index (χ0n) is 12.6. The van der Waals surface area contributed by atoms with E-state index in [0.717, 1.165) is 6.07 Å². The maximum Gasteiger partial charge on any atom is 0.417 e. The molecule has 1 aromatic rings. The molecule has 23 heavy (non-hydrogen) atoms. The quantitative estimate of drug-likeness (QED) is 0.623. The van der Waals surface area contributed by atoms with Crippen molar-refractivity contribution >= 4 is 27.8 Å². The highest BCUT2D eigenvalue weighted by Gasteiger charge is 2.34. The summed E-state index contributed by atoms with van der Waals surface area (Å²) in [7, 11) is -2.61. The fraction of sp³-hybridized carbons (Fsp3) is 0.462. The van der Waals surface area contributed by atoms with E-state index >= 15 is 0 Å². The van der Waals surface area contributed by atoms with Crippen LogP contribution < -0.4 is 0 Å². The van der Waals surface area contributed by atoms with Crippen molar-refractivity contribution in [1.82, 2.24) is 0 Å². The Morgan fingerprint density at radius 1 is 1.39 bits per heavy atom. The van der Waals surface area contributed by atoms with Gasteiger partial charge >= 0.3 is 16.7 Å². The van der Waals surface area contributed by atoms with Crippen molar-refractivity contribution in [3.8, 4) is 0 Å². The van der Waals surface area contributed by atoms with Gasteiger partial charge in [-0.2, -0.15) is 26.4 Å². The summed E-state index contributed by atoms with van der Waals surface area (Å²) in [6.45, 7) is 5.21. The van der Waals surface area contributed by atoms with E-state index in [2.05, 4.69) is 5.16 Å². The molecule has 0 amide bonds. The average Bonchev–Trinajstić information content (AvgIpc) is 2.37. The van der Waals surface area contributed by atoms with E-state index in [1.807, 2.05) is 0 Å². The van der Waals surface area contributed by atoms with Crippen LogP contribution in [0.1, 0.15) is 38.3 Å². The molecule has 0 spiro atoms. The van der Waals surface area contributed by atoms with Crippen molar-refractivity contribution in [3.63, 3.8) is 0 Å². The summed E-state index contributed by atoms with van der Waals surface area (Å²) in [6.07, 6.45) is -4.33. The number of nitrogens with one attached hydrogen (secondary N) is 1. The molecule has 0 aliphatic heterocycles. The Labute approximate surface area is 138 Å². The summed E-state index contributed by atoms with van der Waals surface area (Å²) in [5, 5.41) is 4.02. The van der Waals surface area contributed by atoms with Gasteiger partial charge in [0.05, 0.1) is 11.3 Å². The molecule has 0 unspecified atom stereocenters. The van der Waals surface area contributed by atoms with E-state index in [1.54, 1.807) is 20.8 Å². The minimum absolute atomic E-state index is 0.0387. The number of rotatable bonds is 4. The van der Waals surface area contributed by atoms with E-state index in [0.29, 0.717) is 6.42 Å². The lowest BCUT2D eigenvalue weighted by Crippen LogP contribution is -2.14. The lowest BCUT2D eigenvalue weighted by atomic mass is 10.0. The Morgan fingerprint density at radius 2 is 1.91 bits per heavy atom. The van der Waals surface area contributed by atoms with Crippen LogP contribution in [0, 0.1) is 4.78 Å². The monoisotopic (exact) mass is 372 g/mol. The summed E-state index contributed by atoms with van der Waals surface area (Å²) in [6, 6.07) is 3.43. The van der Waals surface area contributed by atoms with Crippen molar-refractivity contribution in [1.29, 1.82) is 4.78 Å². The van der Waals surface area contributed by atoms with Crippen molar-refractivity contribution in [2.24, 2.45) is 5.16 Å². The van der Waals surface area contributed by atoms with E-state index in [9.17, 15) is 13.2 Å². The van der Waals surface area contributed by atoms with Crippen LogP contribution >= 0.6 is 11.6 Å². The van der Waals surface area contributed by atoms with Gasteiger partial charge in [0.25, 0.3) is 0 Å². The second kappa shape index (κ2) is 9.51. The third kappa shape index (κ3) is 8.56. The summed E-state index contributed by atoms with van der Waals surface area (Å²) >= 11 is 5.77. The van der Waals surface area contributed by atoms with E-state index in [4.69, 9.17) is 29.6 Å². The minimum Gasteiger partial charge on any atom is -0.393 e. The van der Waals surface area contributed by atoms with E-state index in [-0.39, 0.29) is 22.4 Å². The van der Waals surface area contributed by atoms with Crippen LogP contribution in [0.2, 0.25) is 5.02 Å². The Bertz CT molecular complexity index is 652. The molecule has 0 atom stereocenters. The Balaban J connectivity index is 0.00000108. The molecule has 0 fully saturated rings. The molecule has 0 aliphatic carbocycles. The van der Waals surface area contributed by atoms with Crippen LogP contribution in [0.15, 0.2) is 23.4 Å². The number of oxime groups is 1. The molecule has 130 valence electrons. The Kier molecular flexibility index (Phi) is 8.85. The van der Waals surface area contributed by atoms with Crippen LogP contribution in [0.5, 0.6) is 0 Å². The second-order valence-electron chi connectivity index (χ2n) is 4.47. The lowest BCUT2D eigenvalue weighted by Gasteiger charge is -2.14. The van der Waals surface area contributed by atoms with Crippen LogP contribution in [-0.4, -0.2) is 20.2 Å². The van der Waals surface area contributed by atoms with Crippen molar-refractivity contribution in [3.05, 3.63) is 34.3 Å². The lowest BCUT2D eigenvalue weighted by molar-refractivity contribution is -0.137. The van der Waals surface area contributed by atoms with Crippen molar-refractivity contribution in [2.45, 2.75) is 39.5 Å². The third-order valence-corrected chi connectivity index (χ3v) is 2.54. The predicted octanol–water partition coefficient (Wildman–Crippen LogP) is 4.53. The highest BCUT2D eigenvalue weighted by molar-refractivity contribution is 7.60. The zero-order valence-corrected chi connectivity index (χ0v) is 14.2. The standard InChI is InChI=1S/C13H15ClF3NO.HNO2S/c1-4-12(18-19-8(2)3)10-7-9(14)5-6-11(10)13(15,16)17;1-4(2)3/h5-8H,4H2,1-3H3;1H/b18-12+;. The summed E-state index contributed by atoms with van der Waals surface area (Å²) in [5.41, 5.74) is -0.573. The normalized spacial score (nSPS) is 11.7. The summed E-state index contributed by atoms with van der Waals surface area (Å²) < 4.78 is 61.6. The van der Waals surface area contributed by atoms with E-state index in [1.165, 1.54) is 12.1 Å². The first-order chi connectivity index (χ1) is 10.5. The van der Waals surface area contributed by atoms with Gasteiger partial charge in [-0.05, 0) is 38.5 Å². The number of halogens is 4. The number of hydrogen-bond acceptors (Lipinski definition) is 5. The molecule has 10 heteroatoms. The van der Waals surface area contributed by atoms with Gasteiger partial charge in [-0.15, -0.1) is 0 Å². The molecule has 5 nitrogen and oxygen atoms in total. The molecule has 0 aromatic heterocycles. The smallest absolute Gasteiger partial charge is 0.393 e. The molecule has 1 N–H and O–H groups in total. The molecule has 0 heterocycles. The SMILES string of the molecule is CC/C(=N\OC(C)C)c1cc(Cl)ccc1C(F)(F)F.N=S(=O)=O. The maximum absolute atomic E-state index is 12.9. The molecular formula is C13H16ClF3N2O3S. The molecule has 0 saturated heterocycles. The average molecular weight is 373 g/mol. The van der Waals surface area contributed by atoms with Crippen molar-refractivity contribution in [2.75, 3.05) is 0 Å². The number of nitrogens with zero attached hydrogens (tertiary/aromatic N) is 1. The van der Waals surface area contributed by atoms with E-state index < -0.39 is 22.2 Å².